The highest BCUT2D eigenvalue weighted by atomic mass is 19.2. The molecule has 1 aliphatic carbocycles. The van der Waals surface area contributed by atoms with Gasteiger partial charge in [-0.3, -0.25) is 0 Å². The molecule has 0 aromatic carbocycles. The Morgan fingerprint density at radius 3 is 2.09 bits per heavy atom. The van der Waals surface area contributed by atoms with Gasteiger partial charge in [-0.2, -0.15) is 0 Å². The summed E-state index contributed by atoms with van der Waals surface area (Å²) in [5, 5.41) is 0. The lowest BCUT2D eigenvalue weighted by Gasteiger charge is -2.13. The van der Waals surface area contributed by atoms with E-state index in [9.17, 15) is 22.0 Å². The van der Waals surface area contributed by atoms with Crippen LogP contribution < -0.4 is 0 Å². The molecule has 0 aliphatic heterocycles. The van der Waals surface area contributed by atoms with Gasteiger partial charge in [0.25, 0.3) is 0 Å². The molecular formula is C6H3F5. The highest BCUT2D eigenvalue weighted by Crippen LogP contribution is 2.31. The minimum atomic E-state index is -2.85. The smallest absolute Gasteiger partial charge is 0.192 e. The maximum Gasteiger partial charge on any atom is 0.192 e. The fourth-order valence-electron chi connectivity index (χ4n) is 0.670. The molecular weight excluding hydrogens is 167 g/mol. The summed E-state index contributed by atoms with van der Waals surface area (Å²) in [5.74, 6) is -5.21. The average molecular weight is 170 g/mol. The Morgan fingerprint density at radius 1 is 1.00 bits per heavy atom. The average Bonchev–Trinajstić information content (AvgIpc) is 1.97. The fourth-order valence-corrected chi connectivity index (χ4v) is 0.670. The number of allylic oxidation sites excluding steroid dienone is 4. The lowest BCUT2D eigenvalue weighted by atomic mass is 10.1. The molecule has 0 bridgehead atoms. The molecule has 62 valence electrons. The van der Waals surface area contributed by atoms with Crippen LogP contribution in [-0.4, -0.2) is 12.3 Å². The molecule has 0 saturated carbocycles. The molecule has 11 heavy (non-hydrogen) atoms. The van der Waals surface area contributed by atoms with Crippen LogP contribution in [0.2, 0.25) is 0 Å². The van der Waals surface area contributed by atoms with E-state index in [1.54, 1.807) is 0 Å². The van der Waals surface area contributed by atoms with Crippen LogP contribution in [0.1, 0.15) is 0 Å². The largest absolute Gasteiger partial charge is 0.236 e. The van der Waals surface area contributed by atoms with Crippen LogP contribution in [0.25, 0.3) is 0 Å². The second-order valence-corrected chi connectivity index (χ2v) is 2.03. The van der Waals surface area contributed by atoms with Gasteiger partial charge in [0.1, 0.15) is 5.83 Å². The number of halogens is 5. The van der Waals surface area contributed by atoms with Gasteiger partial charge in [-0.1, -0.05) is 0 Å². The summed E-state index contributed by atoms with van der Waals surface area (Å²) < 4.78 is 60.4. The van der Waals surface area contributed by atoms with Gasteiger partial charge < -0.3 is 0 Å². The van der Waals surface area contributed by atoms with Gasteiger partial charge in [-0.25, -0.2) is 22.0 Å². The second kappa shape index (κ2) is 2.64. The van der Waals surface area contributed by atoms with Crippen molar-refractivity contribution < 1.29 is 22.0 Å². The summed E-state index contributed by atoms with van der Waals surface area (Å²) in [6, 6.07) is 0. The van der Waals surface area contributed by atoms with Crippen LogP contribution in [0.4, 0.5) is 22.0 Å². The van der Waals surface area contributed by atoms with E-state index in [1.807, 2.05) is 0 Å². The Hall–Kier alpha value is -0.870. The van der Waals surface area contributed by atoms with Gasteiger partial charge >= 0.3 is 0 Å². The normalized spacial score (nSPS) is 32.3. The van der Waals surface area contributed by atoms with Gasteiger partial charge in [-0.15, -0.1) is 0 Å². The van der Waals surface area contributed by atoms with E-state index in [0.717, 1.165) is 0 Å². The van der Waals surface area contributed by atoms with Gasteiger partial charge in [0, 0.05) is 6.08 Å². The van der Waals surface area contributed by atoms with Crippen LogP contribution in [-0.2, 0) is 0 Å². The summed E-state index contributed by atoms with van der Waals surface area (Å²) in [5.41, 5.74) is 0. The summed E-state index contributed by atoms with van der Waals surface area (Å²) in [6.45, 7) is 0. The van der Waals surface area contributed by atoms with Crippen molar-refractivity contribution in [3.05, 3.63) is 23.6 Å². The molecule has 0 nitrogen and oxygen atoms in total. The van der Waals surface area contributed by atoms with E-state index in [2.05, 4.69) is 0 Å². The van der Waals surface area contributed by atoms with Crippen LogP contribution in [0.5, 0.6) is 0 Å². The maximum absolute atomic E-state index is 12.1. The Balaban J connectivity index is 3.01. The SMILES string of the molecule is FC1=CC(F)=C(F)C(F)C1F. The van der Waals surface area contributed by atoms with Crippen LogP contribution >= 0.6 is 0 Å². The predicted octanol–water partition coefficient (Wildman–Crippen LogP) is 2.68. The molecule has 2 atom stereocenters. The Kier molecular flexibility index (Phi) is 1.97. The number of rotatable bonds is 0. The molecule has 2 unspecified atom stereocenters. The minimum Gasteiger partial charge on any atom is -0.236 e. The highest BCUT2D eigenvalue weighted by Gasteiger charge is 2.35. The number of hydrogen-bond donors (Lipinski definition) is 0. The van der Waals surface area contributed by atoms with Crippen molar-refractivity contribution in [3.8, 4) is 0 Å². The molecule has 0 aromatic heterocycles. The summed E-state index contributed by atoms with van der Waals surface area (Å²) >= 11 is 0. The molecule has 0 aromatic rings. The molecule has 0 heterocycles. The van der Waals surface area contributed by atoms with Crippen molar-refractivity contribution in [2.24, 2.45) is 0 Å². The number of hydrogen-bond acceptors (Lipinski definition) is 0. The molecule has 0 amide bonds. The Morgan fingerprint density at radius 2 is 1.55 bits per heavy atom. The van der Waals surface area contributed by atoms with E-state index in [0.29, 0.717) is 0 Å². The molecule has 0 fully saturated rings. The summed E-state index contributed by atoms with van der Waals surface area (Å²) in [7, 11) is 0. The fraction of sp³-hybridized carbons (Fsp3) is 0.333. The zero-order valence-corrected chi connectivity index (χ0v) is 5.12. The Labute approximate surface area is 59.0 Å². The minimum absolute atomic E-state index is 0.00389. The van der Waals surface area contributed by atoms with Crippen molar-refractivity contribution in [2.75, 3.05) is 0 Å². The lowest BCUT2D eigenvalue weighted by Crippen LogP contribution is -2.22. The first-order valence-corrected chi connectivity index (χ1v) is 2.74. The van der Waals surface area contributed by atoms with E-state index >= 15 is 0 Å². The van der Waals surface area contributed by atoms with E-state index in [1.165, 1.54) is 0 Å². The van der Waals surface area contributed by atoms with Crippen LogP contribution in [0.3, 0.4) is 0 Å². The third-order valence-electron chi connectivity index (χ3n) is 1.26. The van der Waals surface area contributed by atoms with Crippen molar-refractivity contribution >= 4 is 0 Å². The first-order chi connectivity index (χ1) is 5.04. The van der Waals surface area contributed by atoms with Gasteiger partial charge in [0.2, 0.25) is 0 Å². The van der Waals surface area contributed by atoms with Crippen molar-refractivity contribution in [2.45, 2.75) is 12.3 Å². The van der Waals surface area contributed by atoms with E-state index in [4.69, 9.17) is 0 Å². The third-order valence-corrected chi connectivity index (χ3v) is 1.26. The first-order valence-electron chi connectivity index (χ1n) is 2.74. The molecule has 5 heteroatoms. The number of alkyl halides is 2. The zero-order valence-electron chi connectivity index (χ0n) is 5.12. The standard InChI is InChI=1S/C6H3F5/c7-2-1-3(8)5(10)6(11)4(2)9/h1,4,6H. The van der Waals surface area contributed by atoms with Crippen molar-refractivity contribution in [1.29, 1.82) is 0 Å². The topological polar surface area (TPSA) is 0 Å². The monoisotopic (exact) mass is 170 g/mol. The molecule has 0 saturated heterocycles. The second-order valence-electron chi connectivity index (χ2n) is 2.03. The van der Waals surface area contributed by atoms with Crippen molar-refractivity contribution in [3.63, 3.8) is 0 Å². The Bertz CT molecular complexity index is 229. The first kappa shape index (κ1) is 8.23. The molecule has 0 radical (unpaired) electrons. The molecule has 1 aliphatic rings. The lowest BCUT2D eigenvalue weighted by molar-refractivity contribution is 0.168. The highest BCUT2D eigenvalue weighted by molar-refractivity contribution is 5.29. The molecule has 0 spiro atoms. The van der Waals surface area contributed by atoms with Crippen molar-refractivity contribution in [1.82, 2.24) is 0 Å². The molecule has 0 N–H and O–H groups in total. The quantitative estimate of drug-likeness (QED) is 0.490. The zero-order chi connectivity index (χ0) is 8.59. The van der Waals surface area contributed by atoms with Gasteiger partial charge in [0.05, 0.1) is 0 Å². The van der Waals surface area contributed by atoms with Crippen LogP contribution in [0, 0.1) is 0 Å². The third kappa shape index (κ3) is 1.27. The summed E-state index contributed by atoms with van der Waals surface area (Å²) in [6.07, 6.45) is -5.56. The predicted molar refractivity (Wildman–Crippen MR) is 28.2 cm³/mol. The van der Waals surface area contributed by atoms with Crippen LogP contribution in [0.15, 0.2) is 23.6 Å². The molecule has 1 rings (SSSR count). The van der Waals surface area contributed by atoms with E-state index in [-0.39, 0.29) is 6.08 Å². The van der Waals surface area contributed by atoms with Gasteiger partial charge in [-0.05, 0) is 0 Å². The summed E-state index contributed by atoms with van der Waals surface area (Å²) in [4.78, 5) is 0. The van der Waals surface area contributed by atoms with Gasteiger partial charge in [0.15, 0.2) is 24.0 Å². The maximum atomic E-state index is 12.1. The van der Waals surface area contributed by atoms with E-state index < -0.39 is 29.8 Å².